The molecular weight excluding hydrogens is 186 g/mol. The van der Waals surface area contributed by atoms with Crippen LogP contribution in [0.1, 0.15) is 0 Å². The number of nitrogen functional groups attached to an aromatic ring is 1. The monoisotopic (exact) mass is 193 g/mol. The number of anilines is 1. The molecule has 0 amide bonds. The maximum absolute atomic E-state index is 11.5. The highest BCUT2D eigenvalue weighted by molar-refractivity contribution is 5.68. The SMILES string of the molecule is Cn1c(N)nc2ncc(=O)[nH]c2c1=O. The minimum absolute atomic E-state index is 0.0575. The van der Waals surface area contributed by atoms with Gasteiger partial charge in [0.25, 0.3) is 11.1 Å². The number of H-pyrrole nitrogens is 1. The molecule has 0 atom stereocenters. The Labute approximate surface area is 77.2 Å². The molecule has 0 saturated carbocycles. The van der Waals surface area contributed by atoms with Crippen LogP contribution in [0.3, 0.4) is 0 Å². The Morgan fingerprint density at radius 1 is 1.50 bits per heavy atom. The van der Waals surface area contributed by atoms with Gasteiger partial charge in [-0.25, -0.2) is 4.98 Å². The fraction of sp³-hybridized carbons (Fsp3) is 0.143. The first-order chi connectivity index (χ1) is 6.59. The van der Waals surface area contributed by atoms with Crippen molar-refractivity contribution in [3.05, 3.63) is 26.9 Å². The Morgan fingerprint density at radius 3 is 2.93 bits per heavy atom. The Kier molecular flexibility index (Phi) is 1.60. The molecule has 2 rings (SSSR count). The number of fused-ring (bicyclic) bond motifs is 1. The first-order valence-electron chi connectivity index (χ1n) is 3.81. The zero-order chi connectivity index (χ0) is 10.3. The van der Waals surface area contributed by atoms with Gasteiger partial charge in [-0.1, -0.05) is 0 Å². The molecule has 0 spiro atoms. The third kappa shape index (κ3) is 1.06. The average Bonchev–Trinajstić information content (AvgIpc) is 2.16. The molecule has 0 aliphatic heterocycles. The Bertz CT molecular complexity index is 611. The number of hydrogen-bond acceptors (Lipinski definition) is 5. The van der Waals surface area contributed by atoms with E-state index in [2.05, 4.69) is 15.0 Å². The van der Waals surface area contributed by atoms with Crippen molar-refractivity contribution in [3.63, 3.8) is 0 Å². The fourth-order valence-electron chi connectivity index (χ4n) is 1.08. The molecule has 2 heterocycles. The van der Waals surface area contributed by atoms with Crippen molar-refractivity contribution in [2.24, 2.45) is 7.05 Å². The fourth-order valence-corrected chi connectivity index (χ4v) is 1.08. The quantitative estimate of drug-likeness (QED) is 0.535. The van der Waals surface area contributed by atoms with Crippen LogP contribution in [0.5, 0.6) is 0 Å². The second-order valence-electron chi connectivity index (χ2n) is 2.78. The number of aromatic nitrogens is 4. The van der Waals surface area contributed by atoms with Crippen molar-refractivity contribution < 1.29 is 0 Å². The predicted molar refractivity (Wildman–Crippen MR) is 49.8 cm³/mol. The van der Waals surface area contributed by atoms with Gasteiger partial charge in [-0.3, -0.25) is 14.2 Å². The van der Waals surface area contributed by atoms with Gasteiger partial charge >= 0.3 is 0 Å². The van der Waals surface area contributed by atoms with Gasteiger partial charge in [0.1, 0.15) is 0 Å². The smallest absolute Gasteiger partial charge is 0.280 e. The van der Waals surface area contributed by atoms with Crippen molar-refractivity contribution in [1.29, 1.82) is 0 Å². The van der Waals surface area contributed by atoms with Gasteiger partial charge in [0.05, 0.1) is 6.20 Å². The maximum Gasteiger partial charge on any atom is 0.280 e. The van der Waals surface area contributed by atoms with Gasteiger partial charge in [-0.05, 0) is 0 Å². The van der Waals surface area contributed by atoms with Crippen LogP contribution in [-0.2, 0) is 7.05 Å². The highest BCUT2D eigenvalue weighted by Gasteiger charge is 2.06. The van der Waals surface area contributed by atoms with Crippen LogP contribution in [0.25, 0.3) is 11.2 Å². The lowest BCUT2D eigenvalue weighted by atomic mass is 10.5. The molecule has 3 N–H and O–H groups in total. The van der Waals surface area contributed by atoms with Crippen LogP contribution >= 0.6 is 0 Å². The molecule has 0 bridgehead atoms. The highest BCUT2D eigenvalue weighted by atomic mass is 16.1. The second kappa shape index (κ2) is 2.66. The molecule has 2 aromatic heterocycles. The molecule has 0 aliphatic carbocycles. The summed E-state index contributed by atoms with van der Waals surface area (Å²) in [6.45, 7) is 0. The minimum Gasteiger partial charge on any atom is -0.369 e. The molecule has 0 aromatic carbocycles. The summed E-state index contributed by atoms with van der Waals surface area (Å²) in [4.78, 5) is 32.3. The van der Waals surface area contributed by atoms with Gasteiger partial charge in [0, 0.05) is 7.05 Å². The Balaban J connectivity index is 3.07. The van der Waals surface area contributed by atoms with Gasteiger partial charge in [-0.2, -0.15) is 4.98 Å². The summed E-state index contributed by atoms with van der Waals surface area (Å²) in [7, 11) is 1.47. The molecule has 0 saturated heterocycles. The second-order valence-corrected chi connectivity index (χ2v) is 2.78. The van der Waals surface area contributed by atoms with E-state index in [4.69, 9.17) is 5.73 Å². The third-order valence-electron chi connectivity index (χ3n) is 1.86. The van der Waals surface area contributed by atoms with Crippen LogP contribution in [0.4, 0.5) is 5.95 Å². The van der Waals surface area contributed by atoms with Crippen LogP contribution < -0.4 is 16.9 Å². The number of nitrogens with two attached hydrogens (primary N) is 1. The summed E-state index contributed by atoms with van der Waals surface area (Å²) in [6, 6.07) is 0. The third-order valence-corrected chi connectivity index (χ3v) is 1.86. The molecule has 72 valence electrons. The standard InChI is InChI=1S/C7H7N5O2/c1-12-6(14)4-5(11-7(12)8)9-2-3(13)10-4/h2H,1H3,(H,10,13)(H2,8,9,11). The lowest BCUT2D eigenvalue weighted by Gasteiger charge is -2.02. The van der Waals surface area contributed by atoms with Crippen LogP contribution in [0, 0.1) is 0 Å². The number of hydrogen-bond donors (Lipinski definition) is 2. The largest absolute Gasteiger partial charge is 0.369 e. The molecule has 7 nitrogen and oxygen atoms in total. The van der Waals surface area contributed by atoms with E-state index in [1.165, 1.54) is 7.05 Å². The first-order valence-corrected chi connectivity index (χ1v) is 3.81. The summed E-state index contributed by atoms with van der Waals surface area (Å²) in [5, 5.41) is 0. The summed E-state index contributed by atoms with van der Waals surface area (Å²) in [5.41, 5.74) is 4.79. The molecule has 0 unspecified atom stereocenters. The molecule has 0 radical (unpaired) electrons. The number of nitrogens with zero attached hydrogens (tertiary/aromatic N) is 3. The van der Waals surface area contributed by atoms with Crippen molar-refractivity contribution in [2.75, 3.05) is 5.73 Å². The summed E-state index contributed by atoms with van der Waals surface area (Å²) >= 11 is 0. The summed E-state index contributed by atoms with van der Waals surface area (Å²) in [5.74, 6) is 0.0575. The normalized spacial score (nSPS) is 10.6. The lowest BCUT2D eigenvalue weighted by molar-refractivity contribution is 0.851. The average molecular weight is 193 g/mol. The summed E-state index contributed by atoms with van der Waals surface area (Å²) < 4.78 is 1.14. The van der Waals surface area contributed by atoms with Gasteiger partial charge in [0.15, 0.2) is 11.2 Å². The van der Waals surface area contributed by atoms with Gasteiger partial charge in [-0.15, -0.1) is 0 Å². The maximum atomic E-state index is 11.5. The lowest BCUT2D eigenvalue weighted by Crippen LogP contribution is -2.24. The van der Waals surface area contributed by atoms with Crippen LogP contribution in [-0.4, -0.2) is 19.5 Å². The molecule has 2 aromatic rings. The number of rotatable bonds is 0. The van der Waals surface area contributed by atoms with E-state index in [0.717, 1.165) is 10.8 Å². The Hall–Kier alpha value is -2.18. The van der Waals surface area contributed by atoms with Gasteiger partial charge in [0.2, 0.25) is 5.95 Å². The molecular formula is C7H7N5O2. The summed E-state index contributed by atoms with van der Waals surface area (Å²) in [6.07, 6.45) is 1.05. The van der Waals surface area contributed by atoms with Crippen molar-refractivity contribution in [2.45, 2.75) is 0 Å². The van der Waals surface area contributed by atoms with E-state index < -0.39 is 11.1 Å². The number of nitrogens with one attached hydrogen (secondary N) is 1. The van der Waals surface area contributed by atoms with Crippen molar-refractivity contribution in [1.82, 2.24) is 19.5 Å². The molecule has 7 heteroatoms. The van der Waals surface area contributed by atoms with Gasteiger partial charge < -0.3 is 10.7 Å². The number of aromatic amines is 1. The minimum atomic E-state index is -0.443. The molecule has 0 fully saturated rings. The highest BCUT2D eigenvalue weighted by Crippen LogP contribution is 1.99. The van der Waals surface area contributed by atoms with E-state index in [9.17, 15) is 9.59 Å². The predicted octanol–water partition coefficient (Wildman–Crippen LogP) is -1.40. The topological polar surface area (TPSA) is 107 Å². The van der Waals surface area contributed by atoms with Crippen LogP contribution in [0.15, 0.2) is 15.8 Å². The van der Waals surface area contributed by atoms with E-state index >= 15 is 0 Å². The molecule has 0 aliphatic rings. The van der Waals surface area contributed by atoms with E-state index in [-0.39, 0.29) is 17.1 Å². The zero-order valence-electron chi connectivity index (χ0n) is 7.31. The molecule has 14 heavy (non-hydrogen) atoms. The van der Waals surface area contributed by atoms with E-state index in [0.29, 0.717) is 0 Å². The van der Waals surface area contributed by atoms with Crippen LogP contribution in [0.2, 0.25) is 0 Å². The zero-order valence-corrected chi connectivity index (χ0v) is 7.31. The Morgan fingerprint density at radius 2 is 2.21 bits per heavy atom. The van der Waals surface area contributed by atoms with E-state index in [1.54, 1.807) is 0 Å². The first kappa shape index (κ1) is 8.42. The van der Waals surface area contributed by atoms with E-state index in [1.807, 2.05) is 0 Å². The van der Waals surface area contributed by atoms with Crippen molar-refractivity contribution in [3.8, 4) is 0 Å². The van der Waals surface area contributed by atoms with Crippen molar-refractivity contribution >= 4 is 17.1 Å².